The van der Waals surface area contributed by atoms with Crippen molar-refractivity contribution in [2.75, 3.05) is 19.7 Å². The number of benzene rings is 1. The average Bonchev–Trinajstić information content (AvgIpc) is 3.03. The van der Waals surface area contributed by atoms with Crippen molar-refractivity contribution >= 4 is 23.2 Å². The van der Waals surface area contributed by atoms with Gasteiger partial charge in [-0.15, -0.1) is 11.3 Å². The van der Waals surface area contributed by atoms with Crippen molar-refractivity contribution in [3.05, 3.63) is 40.4 Å². The van der Waals surface area contributed by atoms with Crippen LogP contribution in [0.4, 0.5) is 0 Å². The maximum atomic E-state index is 12.8. The summed E-state index contributed by atoms with van der Waals surface area (Å²) in [6.07, 6.45) is 0.00914. The number of carbonyl (C=O) groups excluding carboxylic acids is 1. The fourth-order valence-electron chi connectivity index (χ4n) is 2.73. The van der Waals surface area contributed by atoms with E-state index in [-0.39, 0.29) is 19.1 Å². The molecule has 0 aliphatic carbocycles. The Morgan fingerprint density at radius 2 is 2.08 bits per heavy atom. The van der Waals surface area contributed by atoms with E-state index in [1.807, 2.05) is 19.1 Å². The van der Waals surface area contributed by atoms with E-state index in [1.165, 1.54) is 21.8 Å². The first-order valence-corrected chi connectivity index (χ1v) is 9.01. The number of carboxylic acids is 1. The van der Waals surface area contributed by atoms with Gasteiger partial charge in [0, 0.05) is 12.1 Å². The predicted molar refractivity (Wildman–Crippen MR) is 94.9 cm³/mol. The Kier molecular flexibility index (Phi) is 5.15. The summed E-state index contributed by atoms with van der Waals surface area (Å²) < 4.78 is 5.18. The smallest absolute Gasteiger partial charge is 0.334 e. The van der Waals surface area contributed by atoms with Crippen molar-refractivity contribution in [2.45, 2.75) is 26.4 Å². The number of nitrogens with zero attached hydrogens (tertiary/aromatic N) is 2. The minimum Gasteiger partial charge on any atom is -0.479 e. The zero-order valence-electron chi connectivity index (χ0n) is 14.2. The summed E-state index contributed by atoms with van der Waals surface area (Å²) in [5.41, 5.74) is 2.90. The average molecular weight is 360 g/mol. The molecule has 2 heterocycles. The van der Waals surface area contributed by atoms with Crippen LogP contribution in [0.15, 0.2) is 24.3 Å². The second kappa shape index (κ2) is 7.33. The second-order valence-corrected chi connectivity index (χ2v) is 6.93. The van der Waals surface area contributed by atoms with Crippen LogP contribution < -0.4 is 0 Å². The Bertz CT molecular complexity index is 785. The lowest BCUT2D eigenvalue weighted by molar-refractivity contribution is -0.154. The quantitative estimate of drug-likeness (QED) is 0.907. The molecule has 7 heteroatoms. The van der Waals surface area contributed by atoms with Crippen LogP contribution in [-0.2, 0) is 16.0 Å². The summed E-state index contributed by atoms with van der Waals surface area (Å²) in [5.74, 6) is -1.23. The molecular formula is C18H20N2O4S. The number of amides is 1. The van der Waals surface area contributed by atoms with Crippen LogP contribution in [0.3, 0.4) is 0 Å². The van der Waals surface area contributed by atoms with Gasteiger partial charge in [0.15, 0.2) is 6.10 Å². The van der Waals surface area contributed by atoms with E-state index in [0.29, 0.717) is 17.1 Å². The van der Waals surface area contributed by atoms with Crippen LogP contribution in [-0.4, -0.2) is 52.7 Å². The molecule has 25 heavy (non-hydrogen) atoms. The number of aryl methyl sites for hydroxylation is 2. The fraction of sp³-hybridized carbons (Fsp3) is 0.389. The van der Waals surface area contributed by atoms with Crippen molar-refractivity contribution in [3.63, 3.8) is 0 Å². The molecule has 1 amide bonds. The molecule has 1 atom stereocenters. The van der Waals surface area contributed by atoms with Crippen LogP contribution in [0.1, 0.15) is 27.9 Å². The van der Waals surface area contributed by atoms with Crippen LogP contribution in [0, 0.1) is 6.92 Å². The van der Waals surface area contributed by atoms with Gasteiger partial charge in [0.05, 0.1) is 18.8 Å². The number of hydrogen-bond acceptors (Lipinski definition) is 5. The van der Waals surface area contributed by atoms with E-state index in [1.54, 1.807) is 0 Å². The van der Waals surface area contributed by atoms with Gasteiger partial charge in [-0.25, -0.2) is 9.78 Å². The number of rotatable bonds is 4. The maximum absolute atomic E-state index is 12.8. The van der Waals surface area contributed by atoms with Gasteiger partial charge < -0.3 is 14.7 Å². The molecule has 1 fully saturated rings. The first-order valence-electron chi connectivity index (χ1n) is 8.20. The van der Waals surface area contributed by atoms with Crippen molar-refractivity contribution in [3.8, 4) is 10.6 Å². The van der Waals surface area contributed by atoms with Gasteiger partial charge in [0.1, 0.15) is 9.88 Å². The van der Waals surface area contributed by atoms with E-state index >= 15 is 0 Å². The van der Waals surface area contributed by atoms with Gasteiger partial charge in [-0.3, -0.25) is 4.79 Å². The SMILES string of the molecule is CCc1ccc(-c2nc(C)c(C(=O)N3CCOC(C(=O)O)C3)s2)cc1. The molecule has 1 aliphatic rings. The van der Waals surface area contributed by atoms with E-state index in [4.69, 9.17) is 9.84 Å². The lowest BCUT2D eigenvalue weighted by atomic mass is 10.1. The maximum Gasteiger partial charge on any atom is 0.334 e. The highest BCUT2D eigenvalue weighted by Crippen LogP contribution is 2.29. The highest BCUT2D eigenvalue weighted by Gasteiger charge is 2.31. The number of carbonyl (C=O) groups is 2. The fourth-order valence-corrected chi connectivity index (χ4v) is 3.77. The summed E-state index contributed by atoms with van der Waals surface area (Å²) in [6.45, 7) is 4.59. The third kappa shape index (κ3) is 3.72. The number of hydrogen-bond donors (Lipinski definition) is 1. The molecular weight excluding hydrogens is 340 g/mol. The summed E-state index contributed by atoms with van der Waals surface area (Å²) in [4.78, 5) is 30.5. The molecule has 6 nitrogen and oxygen atoms in total. The number of ether oxygens (including phenoxy) is 1. The predicted octanol–water partition coefficient (Wildman–Crippen LogP) is 2.61. The molecule has 1 unspecified atom stereocenters. The first-order chi connectivity index (χ1) is 12.0. The van der Waals surface area contributed by atoms with E-state index in [0.717, 1.165) is 17.0 Å². The molecule has 1 N–H and O–H groups in total. The van der Waals surface area contributed by atoms with E-state index < -0.39 is 12.1 Å². The van der Waals surface area contributed by atoms with Crippen molar-refractivity contribution in [2.24, 2.45) is 0 Å². The van der Waals surface area contributed by atoms with Gasteiger partial charge in [-0.2, -0.15) is 0 Å². The molecule has 0 radical (unpaired) electrons. The second-order valence-electron chi connectivity index (χ2n) is 5.93. The Labute approximate surface area is 150 Å². The number of carboxylic acid groups (broad SMARTS) is 1. The summed E-state index contributed by atoms with van der Waals surface area (Å²) in [7, 11) is 0. The zero-order chi connectivity index (χ0) is 18.0. The number of aromatic nitrogens is 1. The van der Waals surface area contributed by atoms with E-state index in [9.17, 15) is 9.59 Å². The topological polar surface area (TPSA) is 79.7 Å². The molecule has 1 aliphatic heterocycles. The molecule has 1 aromatic heterocycles. The number of aliphatic carboxylic acids is 1. The monoisotopic (exact) mass is 360 g/mol. The van der Waals surface area contributed by atoms with Gasteiger partial charge >= 0.3 is 5.97 Å². The molecule has 1 saturated heterocycles. The van der Waals surface area contributed by atoms with Gasteiger partial charge in [-0.1, -0.05) is 31.2 Å². The van der Waals surface area contributed by atoms with Crippen LogP contribution in [0.25, 0.3) is 10.6 Å². The molecule has 132 valence electrons. The van der Waals surface area contributed by atoms with Crippen molar-refractivity contribution in [1.82, 2.24) is 9.88 Å². The summed E-state index contributed by atoms with van der Waals surface area (Å²) in [6, 6.07) is 8.15. The van der Waals surface area contributed by atoms with Gasteiger partial charge in [-0.05, 0) is 18.9 Å². The van der Waals surface area contributed by atoms with Crippen molar-refractivity contribution in [1.29, 1.82) is 0 Å². The Morgan fingerprint density at radius 3 is 2.72 bits per heavy atom. The van der Waals surface area contributed by atoms with E-state index in [2.05, 4.69) is 24.0 Å². The normalized spacial score (nSPS) is 17.5. The van der Waals surface area contributed by atoms with Crippen LogP contribution in [0.2, 0.25) is 0 Å². The number of morpholine rings is 1. The summed E-state index contributed by atoms with van der Waals surface area (Å²) in [5, 5.41) is 9.88. The minimum absolute atomic E-state index is 0.0615. The molecule has 0 spiro atoms. The summed E-state index contributed by atoms with van der Waals surface area (Å²) >= 11 is 1.35. The Morgan fingerprint density at radius 1 is 1.36 bits per heavy atom. The Balaban J connectivity index is 1.81. The molecule has 0 bridgehead atoms. The minimum atomic E-state index is -1.05. The third-order valence-electron chi connectivity index (χ3n) is 4.23. The molecule has 1 aromatic carbocycles. The third-order valence-corrected chi connectivity index (χ3v) is 5.42. The van der Waals surface area contributed by atoms with Crippen LogP contribution >= 0.6 is 11.3 Å². The lowest BCUT2D eigenvalue weighted by Gasteiger charge is -2.30. The molecule has 3 rings (SSSR count). The highest BCUT2D eigenvalue weighted by atomic mass is 32.1. The standard InChI is InChI=1S/C18H20N2O4S/c1-3-12-4-6-13(7-5-12)16-19-11(2)15(25-16)17(21)20-8-9-24-14(10-20)18(22)23/h4-7,14H,3,8-10H2,1-2H3,(H,22,23). The number of thiazole rings is 1. The zero-order valence-corrected chi connectivity index (χ0v) is 15.0. The lowest BCUT2D eigenvalue weighted by Crippen LogP contribution is -2.48. The highest BCUT2D eigenvalue weighted by molar-refractivity contribution is 7.17. The Hall–Kier alpha value is -2.25. The molecule has 2 aromatic rings. The first kappa shape index (κ1) is 17.6. The van der Waals surface area contributed by atoms with Gasteiger partial charge in [0.25, 0.3) is 5.91 Å². The molecule has 0 saturated carbocycles. The van der Waals surface area contributed by atoms with Crippen molar-refractivity contribution < 1.29 is 19.4 Å². The van der Waals surface area contributed by atoms with Crippen LogP contribution in [0.5, 0.6) is 0 Å². The van der Waals surface area contributed by atoms with Gasteiger partial charge in [0.2, 0.25) is 0 Å². The largest absolute Gasteiger partial charge is 0.479 e.